The van der Waals surface area contributed by atoms with Crippen LogP contribution in [0.3, 0.4) is 0 Å². The number of unbranched alkanes of at least 4 members (excludes halogenated alkanes) is 10. The van der Waals surface area contributed by atoms with Gasteiger partial charge in [0.15, 0.2) is 10.9 Å². The number of rotatable bonds is 19. The van der Waals surface area contributed by atoms with Crippen LogP contribution in [0.1, 0.15) is 104 Å². The molecule has 31 heavy (non-hydrogen) atoms. The molecule has 0 aromatic carbocycles. The van der Waals surface area contributed by atoms with Crippen LogP contribution < -0.4 is 0 Å². The van der Waals surface area contributed by atoms with Crippen molar-refractivity contribution >= 4 is 42.0 Å². The van der Waals surface area contributed by atoms with E-state index in [1.807, 2.05) is 14.0 Å². The van der Waals surface area contributed by atoms with Crippen LogP contribution in [0.25, 0.3) is 0 Å². The number of thiol groups is 1. The fourth-order valence-corrected chi connectivity index (χ4v) is 3.66. The zero-order chi connectivity index (χ0) is 23.5. The van der Waals surface area contributed by atoms with E-state index in [-0.39, 0.29) is 10.3 Å². The Labute approximate surface area is 201 Å². The van der Waals surface area contributed by atoms with Crippen LogP contribution in [-0.2, 0) is 19.1 Å². The Morgan fingerprint density at radius 3 is 1.74 bits per heavy atom. The molecule has 0 aromatic rings. The van der Waals surface area contributed by atoms with Crippen molar-refractivity contribution < 1.29 is 23.0 Å². The number of nitrogens with zero attached hydrogens (tertiary/aromatic N) is 1. The van der Waals surface area contributed by atoms with Crippen molar-refractivity contribution in [1.29, 1.82) is 0 Å². The summed E-state index contributed by atoms with van der Waals surface area (Å²) >= 11 is 10.1. The Balaban J connectivity index is 4.54. The van der Waals surface area contributed by atoms with Gasteiger partial charge >= 0.3 is 11.9 Å². The van der Waals surface area contributed by atoms with Crippen LogP contribution in [0, 0.1) is 5.92 Å². The zero-order valence-electron chi connectivity index (χ0n) is 20.3. The first kappa shape index (κ1) is 30.3. The second kappa shape index (κ2) is 18.9. The van der Waals surface area contributed by atoms with Crippen molar-refractivity contribution in [1.82, 2.24) is 0 Å². The topological polar surface area (TPSA) is 52.6 Å². The number of carbonyl (C=O) groups excluding carboxylic acids is 2. The van der Waals surface area contributed by atoms with Gasteiger partial charge in [-0.2, -0.15) is 0 Å². The number of hydrogen-bond donors (Lipinski definition) is 1. The minimum atomic E-state index is -0.811. The normalized spacial score (nSPS) is 14.0. The van der Waals surface area contributed by atoms with E-state index in [0.29, 0.717) is 24.7 Å². The van der Waals surface area contributed by atoms with Crippen LogP contribution in [0.5, 0.6) is 0 Å². The second-order valence-electron chi connectivity index (χ2n) is 8.47. The first-order valence-electron chi connectivity index (χ1n) is 12.2. The third-order valence-electron chi connectivity index (χ3n) is 5.55. The lowest BCUT2D eigenvalue weighted by Gasteiger charge is -2.28. The van der Waals surface area contributed by atoms with Crippen molar-refractivity contribution in [3.8, 4) is 0 Å². The number of quaternary nitrogens is 1. The number of ether oxygens (including phenoxy) is 2. The summed E-state index contributed by atoms with van der Waals surface area (Å²) in [5.74, 6) is -1.65. The Morgan fingerprint density at radius 1 is 0.806 bits per heavy atom. The highest BCUT2D eigenvalue weighted by Gasteiger charge is 2.38. The van der Waals surface area contributed by atoms with E-state index < -0.39 is 17.9 Å². The van der Waals surface area contributed by atoms with Crippen LogP contribution in [-0.4, -0.2) is 47.6 Å². The summed E-state index contributed by atoms with van der Waals surface area (Å²) in [6, 6.07) is 0. The fraction of sp³-hybridized carbons (Fsp3) is 0.875. The predicted octanol–water partition coefficient (Wildman–Crippen LogP) is 6.44. The van der Waals surface area contributed by atoms with Crippen molar-refractivity contribution in [2.75, 3.05) is 26.8 Å². The third kappa shape index (κ3) is 14.9. The van der Waals surface area contributed by atoms with Gasteiger partial charge in [-0.25, -0.2) is 3.89 Å². The highest BCUT2D eigenvalue weighted by Crippen LogP contribution is 2.21. The van der Waals surface area contributed by atoms with E-state index in [0.717, 1.165) is 38.5 Å². The van der Waals surface area contributed by atoms with Crippen LogP contribution in [0.15, 0.2) is 0 Å². The van der Waals surface area contributed by atoms with E-state index >= 15 is 0 Å². The van der Waals surface area contributed by atoms with E-state index in [2.05, 4.69) is 26.7 Å². The third-order valence-corrected chi connectivity index (χ3v) is 6.87. The number of hydrogen-bond acceptors (Lipinski definition) is 6. The number of esters is 2. The Hall–Kier alpha value is -0.660. The summed E-state index contributed by atoms with van der Waals surface area (Å²) in [6.07, 6.45) is 13.4. The van der Waals surface area contributed by atoms with Crippen molar-refractivity contribution in [3.05, 3.63) is 0 Å². The molecule has 0 aromatic heterocycles. The summed E-state index contributed by atoms with van der Waals surface area (Å²) < 4.78 is 10.9. The summed E-state index contributed by atoms with van der Waals surface area (Å²) in [5, 5.41) is 0. The average molecular weight is 477 g/mol. The van der Waals surface area contributed by atoms with Crippen LogP contribution >= 0.6 is 25.0 Å². The minimum Gasteiger partial charge on any atom is -0.466 e. The van der Waals surface area contributed by atoms with Gasteiger partial charge in [-0.1, -0.05) is 78.1 Å². The van der Waals surface area contributed by atoms with Crippen molar-refractivity contribution in [3.63, 3.8) is 0 Å². The number of thiocarbonyl (C=S) groups is 1. The maximum Gasteiger partial charge on any atom is 0.320 e. The van der Waals surface area contributed by atoms with Crippen molar-refractivity contribution in [2.45, 2.75) is 104 Å². The largest absolute Gasteiger partial charge is 0.466 e. The molecule has 0 bridgehead atoms. The molecule has 5 nitrogen and oxygen atoms in total. The molecular formula is C24H46NO4S2+. The van der Waals surface area contributed by atoms with Gasteiger partial charge in [0.05, 0.1) is 46.0 Å². The van der Waals surface area contributed by atoms with Gasteiger partial charge < -0.3 is 9.47 Å². The molecule has 0 amide bonds. The zero-order valence-corrected chi connectivity index (χ0v) is 22.0. The van der Waals surface area contributed by atoms with Gasteiger partial charge in [0, 0.05) is 0 Å². The molecule has 182 valence electrons. The maximum atomic E-state index is 12.7. The lowest BCUT2D eigenvalue weighted by atomic mass is 10.0. The monoisotopic (exact) mass is 476 g/mol. The molecule has 2 atom stereocenters. The van der Waals surface area contributed by atoms with E-state index in [1.54, 1.807) is 0 Å². The van der Waals surface area contributed by atoms with Gasteiger partial charge in [0.25, 0.3) is 0 Å². The van der Waals surface area contributed by atoms with Gasteiger partial charge in [-0.3, -0.25) is 9.59 Å². The summed E-state index contributed by atoms with van der Waals surface area (Å²) in [6.45, 7) is 7.67. The molecule has 0 heterocycles. The first-order chi connectivity index (χ1) is 14.8. The van der Waals surface area contributed by atoms with E-state index in [1.165, 1.54) is 38.5 Å². The molecule has 7 heteroatoms. The molecule has 2 unspecified atom stereocenters. The molecule has 0 N–H and O–H groups in total. The Kier molecular flexibility index (Phi) is 18.5. The first-order valence-corrected chi connectivity index (χ1v) is 13.1. The SMILES string of the molecule is CCCCCCCCOC(=O)CC(C(=O)OCCCCCCCC)C(=S)[N+](C)(S)CC. The van der Waals surface area contributed by atoms with E-state index in [4.69, 9.17) is 21.7 Å². The number of carbonyl (C=O) groups is 2. The highest BCUT2D eigenvalue weighted by atomic mass is 32.1. The van der Waals surface area contributed by atoms with Gasteiger partial charge in [0.1, 0.15) is 0 Å². The molecule has 0 aliphatic heterocycles. The summed E-state index contributed by atoms with van der Waals surface area (Å²) in [5.41, 5.74) is 0. The minimum absolute atomic E-state index is 0.0849. The smallest absolute Gasteiger partial charge is 0.320 e. The summed E-state index contributed by atoms with van der Waals surface area (Å²) in [4.78, 5) is 25.5. The van der Waals surface area contributed by atoms with Gasteiger partial charge in [-0.15, -0.1) is 0 Å². The molecule has 0 saturated heterocycles. The molecule has 0 aliphatic rings. The molecule has 0 aliphatic carbocycles. The van der Waals surface area contributed by atoms with Crippen molar-refractivity contribution in [2.24, 2.45) is 5.92 Å². The second-order valence-corrected chi connectivity index (χ2v) is 9.78. The Morgan fingerprint density at radius 2 is 1.26 bits per heavy atom. The molecule has 0 saturated carbocycles. The molecular weight excluding hydrogens is 430 g/mol. The lowest BCUT2D eigenvalue weighted by Crippen LogP contribution is -2.46. The standard InChI is InChI=1S/C24H46NO4S2/c1-5-8-10-12-14-16-18-28-22(26)20-21(23(30)25(4,31)7-3)24(27)29-19-17-15-13-11-9-6-2/h21,31H,5-20H2,1-4H3/q+1. The van der Waals surface area contributed by atoms with Gasteiger partial charge in [-0.05, 0) is 32.0 Å². The fourth-order valence-electron chi connectivity index (χ4n) is 3.21. The average Bonchev–Trinajstić information content (AvgIpc) is 2.75. The summed E-state index contributed by atoms with van der Waals surface area (Å²) in [7, 11) is 1.82. The van der Waals surface area contributed by atoms with E-state index in [9.17, 15) is 9.59 Å². The molecule has 0 radical (unpaired) electrons. The maximum absolute atomic E-state index is 12.7. The molecule has 0 spiro atoms. The Bertz CT molecular complexity index is 512. The van der Waals surface area contributed by atoms with Crippen LogP contribution in [0.2, 0.25) is 0 Å². The lowest BCUT2D eigenvalue weighted by molar-refractivity contribution is -0.666. The highest BCUT2D eigenvalue weighted by molar-refractivity contribution is 7.82. The quantitative estimate of drug-likeness (QED) is 0.0764. The van der Waals surface area contributed by atoms with Crippen LogP contribution in [0.4, 0.5) is 0 Å². The van der Waals surface area contributed by atoms with Gasteiger partial charge in [0.2, 0.25) is 0 Å². The molecule has 0 rings (SSSR count). The molecule has 0 fully saturated rings. The predicted molar refractivity (Wildman–Crippen MR) is 135 cm³/mol.